The van der Waals surface area contributed by atoms with Crippen molar-refractivity contribution in [2.75, 3.05) is 6.54 Å². The van der Waals surface area contributed by atoms with Gasteiger partial charge in [0.05, 0.1) is 0 Å². The number of halogens is 1. The SMILES string of the molecule is CC(C)N(CCC(c1ccccc1)c1cc(C=O)ccc1O)C(C)C.Cl. The van der Waals surface area contributed by atoms with Crippen LogP contribution in [0.1, 0.15) is 61.5 Å². The molecule has 0 saturated carbocycles. The Hall–Kier alpha value is -1.84. The van der Waals surface area contributed by atoms with E-state index in [4.69, 9.17) is 0 Å². The summed E-state index contributed by atoms with van der Waals surface area (Å²) in [6.45, 7) is 9.77. The Morgan fingerprint density at radius 3 is 2.15 bits per heavy atom. The van der Waals surface area contributed by atoms with Crippen molar-refractivity contribution in [1.29, 1.82) is 0 Å². The minimum atomic E-state index is 0. The van der Waals surface area contributed by atoms with Gasteiger partial charge in [0.2, 0.25) is 0 Å². The molecule has 0 radical (unpaired) electrons. The first-order chi connectivity index (χ1) is 11.9. The Kier molecular flexibility index (Phi) is 8.83. The quantitative estimate of drug-likeness (QED) is 0.639. The Labute approximate surface area is 163 Å². The predicted octanol–water partition coefficient (Wildman–Crippen LogP) is 5.27. The van der Waals surface area contributed by atoms with Crippen molar-refractivity contribution in [3.05, 3.63) is 65.2 Å². The van der Waals surface area contributed by atoms with Crippen molar-refractivity contribution in [3.8, 4) is 5.75 Å². The lowest BCUT2D eigenvalue weighted by Crippen LogP contribution is -2.38. The van der Waals surface area contributed by atoms with Crippen molar-refractivity contribution in [2.45, 2.75) is 52.1 Å². The summed E-state index contributed by atoms with van der Waals surface area (Å²) in [4.78, 5) is 13.6. The largest absolute Gasteiger partial charge is 0.508 e. The second-order valence-electron chi connectivity index (χ2n) is 7.11. The molecule has 1 N–H and O–H groups in total. The third-order valence-electron chi connectivity index (χ3n) is 4.77. The van der Waals surface area contributed by atoms with Crippen LogP contribution in [-0.2, 0) is 0 Å². The molecule has 0 aliphatic carbocycles. The molecule has 142 valence electrons. The van der Waals surface area contributed by atoms with Crippen LogP contribution in [-0.4, -0.2) is 34.9 Å². The third-order valence-corrected chi connectivity index (χ3v) is 4.77. The Morgan fingerprint density at radius 1 is 1.00 bits per heavy atom. The third kappa shape index (κ3) is 5.58. The van der Waals surface area contributed by atoms with Crippen LogP contribution >= 0.6 is 12.4 Å². The maximum absolute atomic E-state index is 11.2. The molecular formula is C22H30ClNO2. The van der Waals surface area contributed by atoms with Gasteiger partial charge in [0.25, 0.3) is 0 Å². The van der Waals surface area contributed by atoms with Crippen LogP contribution in [0.5, 0.6) is 5.75 Å². The number of carbonyl (C=O) groups is 1. The van der Waals surface area contributed by atoms with Crippen molar-refractivity contribution in [1.82, 2.24) is 4.90 Å². The number of phenols is 1. The van der Waals surface area contributed by atoms with E-state index in [0.29, 0.717) is 17.6 Å². The fourth-order valence-electron chi connectivity index (χ4n) is 3.50. The van der Waals surface area contributed by atoms with Crippen LogP contribution in [0.2, 0.25) is 0 Å². The molecule has 0 bridgehead atoms. The molecule has 0 fully saturated rings. The molecule has 4 heteroatoms. The van der Waals surface area contributed by atoms with E-state index in [1.807, 2.05) is 24.3 Å². The van der Waals surface area contributed by atoms with Crippen molar-refractivity contribution in [2.24, 2.45) is 0 Å². The van der Waals surface area contributed by atoms with E-state index >= 15 is 0 Å². The van der Waals surface area contributed by atoms with Gasteiger partial charge in [-0.2, -0.15) is 0 Å². The molecule has 2 aromatic rings. The average molecular weight is 376 g/mol. The monoisotopic (exact) mass is 375 g/mol. The van der Waals surface area contributed by atoms with E-state index in [2.05, 4.69) is 44.7 Å². The molecule has 2 aromatic carbocycles. The number of phenolic OH excluding ortho intramolecular Hbond substituents is 1. The highest BCUT2D eigenvalue weighted by atomic mass is 35.5. The number of hydrogen-bond donors (Lipinski definition) is 1. The first kappa shape index (κ1) is 22.2. The molecule has 0 saturated heterocycles. The van der Waals surface area contributed by atoms with Gasteiger partial charge in [0.1, 0.15) is 12.0 Å². The maximum Gasteiger partial charge on any atom is 0.150 e. The molecule has 3 nitrogen and oxygen atoms in total. The smallest absolute Gasteiger partial charge is 0.150 e. The predicted molar refractivity (Wildman–Crippen MR) is 111 cm³/mol. The number of nitrogens with zero attached hydrogens (tertiary/aromatic N) is 1. The topological polar surface area (TPSA) is 40.5 Å². The fraction of sp³-hybridized carbons (Fsp3) is 0.409. The van der Waals surface area contributed by atoms with Crippen molar-refractivity contribution in [3.63, 3.8) is 0 Å². The van der Waals surface area contributed by atoms with E-state index in [-0.39, 0.29) is 24.1 Å². The first-order valence-corrected chi connectivity index (χ1v) is 9.02. The van der Waals surface area contributed by atoms with Crippen LogP contribution in [0, 0.1) is 0 Å². The lowest BCUT2D eigenvalue weighted by atomic mass is 9.86. The highest BCUT2D eigenvalue weighted by Crippen LogP contribution is 2.34. The molecule has 0 amide bonds. The Morgan fingerprint density at radius 2 is 1.62 bits per heavy atom. The van der Waals surface area contributed by atoms with Crippen molar-refractivity contribution < 1.29 is 9.90 Å². The van der Waals surface area contributed by atoms with Crippen LogP contribution in [0.4, 0.5) is 0 Å². The normalized spacial score (nSPS) is 12.3. The number of rotatable bonds is 8. The summed E-state index contributed by atoms with van der Waals surface area (Å²) in [6, 6.07) is 16.2. The first-order valence-electron chi connectivity index (χ1n) is 9.02. The Bertz CT molecular complexity index is 678. The molecular weight excluding hydrogens is 346 g/mol. The molecule has 1 atom stereocenters. The molecule has 0 aliphatic heterocycles. The van der Waals surface area contributed by atoms with Crippen LogP contribution in [0.25, 0.3) is 0 Å². The zero-order valence-electron chi connectivity index (χ0n) is 16.1. The number of aromatic hydroxyl groups is 1. The van der Waals surface area contributed by atoms with Gasteiger partial charge in [-0.25, -0.2) is 0 Å². The van der Waals surface area contributed by atoms with Gasteiger partial charge in [0, 0.05) is 29.1 Å². The summed E-state index contributed by atoms with van der Waals surface area (Å²) in [5, 5.41) is 10.4. The number of carbonyl (C=O) groups excluding carboxylic acids is 1. The summed E-state index contributed by atoms with van der Waals surface area (Å²) in [7, 11) is 0. The van der Waals surface area contributed by atoms with Crippen LogP contribution in [0.15, 0.2) is 48.5 Å². The lowest BCUT2D eigenvalue weighted by Gasteiger charge is -2.32. The van der Waals surface area contributed by atoms with E-state index in [0.717, 1.165) is 30.4 Å². The van der Waals surface area contributed by atoms with Crippen LogP contribution in [0.3, 0.4) is 0 Å². The summed E-state index contributed by atoms with van der Waals surface area (Å²) in [5.74, 6) is 0.307. The zero-order valence-corrected chi connectivity index (χ0v) is 16.9. The minimum absolute atomic E-state index is 0. The fourth-order valence-corrected chi connectivity index (χ4v) is 3.50. The summed E-state index contributed by atoms with van der Waals surface area (Å²) in [6.07, 6.45) is 1.72. The number of hydrogen-bond acceptors (Lipinski definition) is 3. The van der Waals surface area contributed by atoms with Crippen LogP contribution < -0.4 is 0 Å². The van der Waals surface area contributed by atoms with Gasteiger partial charge in [-0.1, -0.05) is 30.3 Å². The Balaban J connectivity index is 0.00000338. The standard InChI is InChI=1S/C22H29NO2.ClH/c1-16(2)23(17(3)4)13-12-20(19-8-6-5-7-9-19)21-14-18(15-24)10-11-22(21)25;/h5-11,14-17,20,25H,12-13H2,1-4H3;1H. The highest BCUT2D eigenvalue weighted by molar-refractivity contribution is 5.85. The average Bonchev–Trinajstić information content (AvgIpc) is 2.59. The molecule has 26 heavy (non-hydrogen) atoms. The molecule has 0 aliphatic rings. The second kappa shape index (κ2) is 10.3. The molecule has 1 unspecified atom stereocenters. The second-order valence-corrected chi connectivity index (χ2v) is 7.11. The summed E-state index contributed by atoms with van der Waals surface area (Å²) >= 11 is 0. The van der Waals surface area contributed by atoms with Gasteiger partial charge in [-0.05, 0) is 64.4 Å². The lowest BCUT2D eigenvalue weighted by molar-refractivity contribution is 0.112. The van der Waals surface area contributed by atoms with E-state index in [1.165, 1.54) is 0 Å². The van der Waals surface area contributed by atoms with E-state index in [1.54, 1.807) is 12.1 Å². The van der Waals surface area contributed by atoms with E-state index in [9.17, 15) is 9.90 Å². The van der Waals surface area contributed by atoms with Gasteiger partial charge in [-0.3, -0.25) is 9.69 Å². The minimum Gasteiger partial charge on any atom is -0.508 e. The van der Waals surface area contributed by atoms with Gasteiger partial charge >= 0.3 is 0 Å². The number of aldehydes is 1. The van der Waals surface area contributed by atoms with Gasteiger partial charge in [0.15, 0.2) is 0 Å². The molecule has 2 rings (SSSR count). The maximum atomic E-state index is 11.2. The van der Waals surface area contributed by atoms with Crippen molar-refractivity contribution >= 4 is 18.7 Å². The zero-order chi connectivity index (χ0) is 18.4. The molecule has 0 heterocycles. The summed E-state index contributed by atoms with van der Waals surface area (Å²) in [5.41, 5.74) is 2.58. The van der Waals surface area contributed by atoms with Gasteiger partial charge < -0.3 is 5.11 Å². The molecule has 0 spiro atoms. The van der Waals surface area contributed by atoms with E-state index < -0.39 is 0 Å². The van der Waals surface area contributed by atoms with Gasteiger partial charge in [-0.15, -0.1) is 12.4 Å². The summed E-state index contributed by atoms with van der Waals surface area (Å²) < 4.78 is 0. The number of benzene rings is 2. The highest BCUT2D eigenvalue weighted by Gasteiger charge is 2.21. The molecule has 0 aromatic heterocycles.